The van der Waals surface area contributed by atoms with Crippen molar-refractivity contribution in [3.05, 3.63) is 58.8 Å². The Bertz CT molecular complexity index is 707. The quantitative estimate of drug-likeness (QED) is 0.396. The van der Waals surface area contributed by atoms with E-state index in [4.69, 9.17) is 5.41 Å². The third kappa shape index (κ3) is 4.06. The van der Waals surface area contributed by atoms with Gasteiger partial charge in [0.05, 0.1) is 4.88 Å². The number of rotatable bonds is 4. The lowest BCUT2D eigenvalue weighted by atomic mass is 10.1. The number of carbonyl (C=O) groups is 1. The lowest BCUT2D eigenvalue weighted by Gasteiger charge is -2.18. The Morgan fingerprint density at radius 2 is 1.91 bits per heavy atom. The number of hydrogen-bond acceptors (Lipinski definition) is 4. The summed E-state index contributed by atoms with van der Waals surface area (Å²) in [6, 6.07) is 10.9. The van der Waals surface area contributed by atoms with E-state index in [0.717, 1.165) is 29.2 Å². The van der Waals surface area contributed by atoms with Gasteiger partial charge in [0.25, 0.3) is 0 Å². The molecule has 118 valence electrons. The summed E-state index contributed by atoms with van der Waals surface area (Å²) < 4.78 is 0. The first-order chi connectivity index (χ1) is 11.2. The molecule has 0 saturated carbocycles. The summed E-state index contributed by atoms with van der Waals surface area (Å²) in [6.45, 7) is 0.822. The highest BCUT2D eigenvalue weighted by Gasteiger charge is 2.16. The molecule has 1 aromatic carbocycles. The molecule has 0 spiro atoms. The molecule has 1 aromatic heterocycles. The van der Waals surface area contributed by atoms with Crippen LogP contribution in [0.2, 0.25) is 0 Å². The molecule has 1 atom stereocenters. The first kappa shape index (κ1) is 15.5. The molecule has 2 aromatic rings. The van der Waals surface area contributed by atoms with Crippen molar-refractivity contribution in [2.75, 3.05) is 17.2 Å². The van der Waals surface area contributed by atoms with E-state index in [1.165, 1.54) is 11.3 Å². The molecule has 0 bridgehead atoms. The molecule has 1 aliphatic rings. The van der Waals surface area contributed by atoms with Gasteiger partial charge in [-0.1, -0.05) is 18.2 Å². The highest BCUT2D eigenvalue weighted by Crippen LogP contribution is 2.16. The average Bonchev–Trinajstić information content (AvgIpc) is 3.12. The van der Waals surface area contributed by atoms with E-state index in [-0.39, 0.29) is 11.9 Å². The second-order valence-electron chi connectivity index (χ2n) is 5.19. The van der Waals surface area contributed by atoms with Crippen LogP contribution < -0.4 is 16.0 Å². The zero-order chi connectivity index (χ0) is 16.1. The summed E-state index contributed by atoms with van der Waals surface area (Å²) in [5, 5.41) is 19.0. The van der Waals surface area contributed by atoms with Gasteiger partial charge in [0, 0.05) is 11.4 Å². The molecular weight excluding hydrogens is 308 g/mol. The maximum Gasteiger partial charge on any atom is 0.245 e. The molecule has 1 aliphatic heterocycles. The standard InChI is InChI=1S/C17H18N4OS/c18-16(15-5-3-11-23-15)20-12-6-8-13(9-7-12)21-17(22)14-4-1-2-10-19-14/h1,3-9,11,14,19H,2,10H2,(H2,18,20)(H,21,22). The molecule has 0 fully saturated rings. The number of anilines is 2. The molecule has 3 rings (SSSR count). The van der Waals surface area contributed by atoms with Crippen molar-refractivity contribution in [1.82, 2.24) is 5.32 Å². The maximum absolute atomic E-state index is 12.1. The topological polar surface area (TPSA) is 77.0 Å². The number of amides is 1. The molecule has 6 heteroatoms. The summed E-state index contributed by atoms with van der Waals surface area (Å²) in [4.78, 5) is 13.0. The van der Waals surface area contributed by atoms with Gasteiger partial charge in [-0.15, -0.1) is 11.3 Å². The zero-order valence-electron chi connectivity index (χ0n) is 12.5. The second kappa shape index (κ2) is 7.21. The van der Waals surface area contributed by atoms with Gasteiger partial charge in [-0.3, -0.25) is 10.2 Å². The van der Waals surface area contributed by atoms with Crippen molar-refractivity contribution in [2.45, 2.75) is 12.5 Å². The van der Waals surface area contributed by atoms with E-state index in [1.54, 1.807) is 0 Å². The normalized spacial score (nSPS) is 16.8. The van der Waals surface area contributed by atoms with E-state index in [1.807, 2.05) is 53.9 Å². The van der Waals surface area contributed by atoms with Gasteiger partial charge >= 0.3 is 0 Å². The highest BCUT2D eigenvalue weighted by atomic mass is 32.1. The van der Waals surface area contributed by atoms with Crippen LogP contribution in [0.5, 0.6) is 0 Å². The Labute approximate surface area is 138 Å². The Morgan fingerprint density at radius 3 is 2.52 bits per heavy atom. The Hall–Kier alpha value is -2.44. The van der Waals surface area contributed by atoms with Crippen LogP contribution in [0.1, 0.15) is 11.3 Å². The highest BCUT2D eigenvalue weighted by molar-refractivity contribution is 7.12. The fourth-order valence-electron chi connectivity index (χ4n) is 2.29. The van der Waals surface area contributed by atoms with Gasteiger partial charge in [-0.05, 0) is 48.7 Å². The number of hydrogen-bond donors (Lipinski definition) is 4. The van der Waals surface area contributed by atoms with Crippen LogP contribution in [0.15, 0.2) is 53.9 Å². The molecule has 2 heterocycles. The van der Waals surface area contributed by atoms with Crippen molar-refractivity contribution >= 4 is 34.5 Å². The largest absolute Gasteiger partial charge is 0.340 e. The summed E-state index contributed by atoms with van der Waals surface area (Å²) in [5.74, 6) is 0.307. The molecule has 0 aliphatic carbocycles. The van der Waals surface area contributed by atoms with Crippen molar-refractivity contribution in [2.24, 2.45) is 0 Å². The van der Waals surface area contributed by atoms with Crippen molar-refractivity contribution in [3.63, 3.8) is 0 Å². The van der Waals surface area contributed by atoms with E-state index in [9.17, 15) is 4.79 Å². The summed E-state index contributed by atoms with van der Waals surface area (Å²) in [5.41, 5.74) is 1.56. The van der Waals surface area contributed by atoms with Crippen LogP contribution in [0.4, 0.5) is 11.4 Å². The predicted octanol–water partition coefficient (Wildman–Crippen LogP) is 3.04. The molecule has 1 amide bonds. The summed E-state index contributed by atoms with van der Waals surface area (Å²) in [6.07, 6.45) is 4.86. The molecule has 5 nitrogen and oxygen atoms in total. The zero-order valence-corrected chi connectivity index (χ0v) is 13.3. The summed E-state index contributed by atoms with van der Waals surface area (Å²) >= 11 is 1.52. The van der Waals surface area contributed by atoms with Gasteiger partial charge in [-0.2, -0.15) is 0 Å². The lowest BCUT2D eigenvalue weighted by molar-refractivity contribution is -0.117. The minimum Gasteiger partial charge on any atom is -0.340 e. The van der Waals surface area contributed by atoms with Gasteiger partial charge in [0.2, 0.25) is 5.91 Å². The van der Waals surface area contributed by atoms with Crippen LogP contribution >= 0.6 is 11.3 Å². The van der Waals surface area contributed by atoms with Crippen LogP contribution in [0.25, 0.3) is 0 Å². The molecule has 23 heavy (non-hydrogen) atoms. The second-order valence-corrected chi connectivity index (χ2v) is 6.14. The molecule has 4 N–H and O–H groups in total. The van der Waals surface area contributed by atoms with Crippen LogP contribution in [-0.2, 0) is 4.79 Å². The van der Waals surface area contributed by atoms with Gasteiger partial charge in [-0.25, -0.2) is 0 Å². The number of carbonyl (C=O) groups excluding carboxylic acids is 1. The fraction of sp³-hybridized carbons (Fsp3) is 0.176. The Balaban J connectivity index is 1.58. The number of amidine groups is 1. The Morgan fingerprint density at radius 1 is 1.17 bits per heavy atom. The first-order valence-corrected chi connectivity index (χ1v) is 8.31. The van der Waals surface area contributed by atoms with E-state index in [2.05, 4.69) is 16.0 Å². The lowest BCUT2D eigenvalue weighted by Crippen LogP contribution is -2.41. The van der Waals surface area contributed by atoms with Gasteiger partial charge < -0.3 is 16.0 Å². The monoisotopic (exact) mass is 326 g/mol. The third-order valence-corrected chi connectivity index (χ3v) is 4.36. The predicted molar refractivity (Wildman–Crippen MR) is 95.4 cm³/mol. The molecule has 0 radical (unpaired) electrons. The third-order valence-electron chi connectivity index (χ3n) is 3.48. The Kier molecular flexibility index (Phi) is 4.85. The van der Waals surface area contributed by atoms with Crippen molar-refractivity contribution in [3.8, 4) is 0 Å². The fourth-order valence-corrected chi connectivity index (χ4v) is 2.92. The van der Waals surface area contributed by atoms with Gasteiger partial charge in [0.1, 0.15) is 11.9 Å². The molecule has 1 unspecified atom stereocenters. The SMILES string of the molecule is N=C(Nc1ccc(NC(=O)C2C=CCCN2)cc1)c1cccs1. The van der Waals surface area contributed by atoms with E-state index in [0.29, 0.717) is 5.84 Å². The van der Waals surface area contributed by atoms with E-state index < -0.39 is 0 Å². The summed E-state index contributed by atoms with van der Waals surface area (Å²) in [7, 11) is 0. The maximum atomic E-state index is 12.1. The van der Waals surface area contributed by atoms with Crippen molar-refractivity contribution in [1.29, 1.82) is 5.41 Å². The van der Waals surface area contributed by atoms with Gasteiger partial charge in [0.15, 0.2) is 0 Å². The number of benzene rings is 1. The van der Waals surface area contributed by atoms with Crippen molar-refractivity contribution < 1.29 is 4.79 Å². The average molecular weight is 326 g/mol. The first-order valence-electron chi connectivity index (χ1n) is 7.43. The van der Waals surface area contributed by atoms with Crippen LogP contribution in [-0.4, -0.2) is 24.3 Å². The molecular formula is C17H18N4OS. The van der Waals surface area contributed by atoms with E-state index >= 15 is 0 Å². The minimum atomic E-state index is -0.270. The van der Waals surface area contributed by atoms with Crippen LogP contribution in [0.3, 0.4) is 0 Å². The number of nitrogens with one attached hydrogen (secondary N) is 4. The minimum absolute atomic E-state index is 0.0620. The smallest absolute Gasteiger partial charge is 0.245 e. The van der Waals surface area contributed by atoms with Crippen LogP contribution in [0, 0.1) is 5.41 Å². The molecule has 0 saturated heterocycles. The number of thiophene rings is 1.